The number of aromatic nitrogens is 2. The van der Waals surface area contributed by atoms with E-state index >= 15 is 0 Å². The van der Waals surface area contributed by atoms with E-state index < -0.39 is 35.4 Å². The van der Waals surface area contributed by atoms with Gasteiger partial charge >= 0.3 is 12.1 Å². The van der Waals surface area contributed by atoms with E-state index in [0.717, 1.165) is 17.4 Å². The van der Waals surface area contributed by atoms with Gasteiger partial charge in [0.1, 0.15) is 28.3 Å². The molecule has 1 aliphatic rings. The van der Waals surface area contributed by atoms with Gasteiger partial charge in [-0.25, -0.2) is 14.4 Å². The second-order valence-corrected chi connectivity index (χ2v) is 9.49. The number of carboxylic acid groups (broad SMARTS) is 1. The number of aliphatic carboxylic acids is 1. The number of nitrogens with one attached hydrogen (secondary N) is 1. The first-order valence-electron chi connectivity index (χ1n) is 10.7. The predicted octanol–water partition coefficient (Wildman–Crippen LogP) is 5.44. The van der Waals surface area contributed by atoms with E-state index in [1.165, 1.54) is 12.3 Å². The number of hydrogen-bond acceptors (Lipinski definition) is 7. The lowest BCUT2D eigenvalue weighted by Crippen LogP contribution is -2.37. The number of anilines is 2. The van der Waals surface area contributed by atoms with Crippen LogP contribution < -0.4 is 10.2 Å². The van der Waals surface area contributed by atoms with Crippen LogP contribution in [0.1, 0.15) is 33.6 Å². The van der Waals surface area contributed by atoms with Gasteiger partial charge in [0.25, 0.3) is 5.91 Å². The molecule has 0 bridgehead atoms. The van der Waals surface area contributed by atoms with Crippen molar-refractivity contribution in [2.45, 2.75) is 19.0 Å². The van der Waals surface area contributed by atoms with Crippen molar-refractivity contribution in [1.29, 1.82) is 5.26 Å². The average molecular weight is 554 g/mol. The first kappa shape index (κ1) is 26.3. The Bertz CT molecular complexity index is 1410. The van der Waals surface area contributed by atoms with Crippen molar-refractivity contribution in [3.63, 3.8) is 0 Å². The summed E-state index contributed by atoms with van der Waals surface area (Å²) in [4.78, 5) is 33.9. The summed E-state index contributed by atoms with van der Waals surface area (Å²) in [7, 11) is 0. The zero-order chi connectivity index (χ0) is 26.9. The van der Waals surface area contributed by atoms with Crippen molar-refractivity contribution >= 4 is 45.8 Å². The minimum atomic E-state index is -4.94. The van der Waals surface area contributed by atoms with Crippen LogP contribution in [0, 0.1) is 23.1 Å². The maximum Gasteiger partial charge on any atom is 0.419 e. The zero-order valence-corrected chi connectivity index (χ0v) is 20.2. The molecular formula is C23H16ClF4N5O3S. The van der Waals surface area contributed by atoms with E-state index in [1.807, 2.05) is 11.0 Å². The fourth-order valence-corrected chi connectivity index (χ4v) is 4.90. The molecule has 2 N–H and O–H groups in total. The third-order valence-electron chi connectivity index (χ3n) is 5.72. The SMILES string of the molecule is N#Cc1sc(NC(=O)c2cnc(N3CCC(C(=O)O)CC3)c(Cl)c2)nc1-c1ccc(F)c(C(F)(F)F)c1. The second-order valence-electron chi connectivity index (χ2n) is 8.08. The third-order valence-corrected chi connectivity index (χ3v) is 6.88. The van der Waals surface area contributed by atoms with Gasteiger partial charge in [0.15, 0.2) is 5.13 Å². The molecule has 0 radical (unpaired) electrons. The Morgan fingerprint density at radius 2 is 1.95 bits per heavy atom. The van der Waals surface area contributed by atoms with Gasteiger partial charge in [0.05, 0.1) is 22.1 Å². The molecular weight excluding hydrogens is 538 g/mol. The van der Waals surface area contributed by atoms with Crippen LogP contribution in [0.25, 0.3) is 11.3 Å². The minimum Gasteiger partial charge on any atom is -0.481 e. The Hall–Kier alpha value is -3.76. The molecule has 3 heterocycles. The lowest BCUT2D eigenvalue weighted by atomic mass is 9.97. The first-order valence-corrected chi connectivity index (χ1v) is 11.9. The molecule has 3 aromatic rings. The summed E-state index contributed by atoms with van der Waals surface area (Å²) in [5, 5.41) is 21.1. The number of hydrogen-bond donors (Lipinski definition) is 2. The molecule has 1 aromatic carbocycles. The van der Waals surface area contributed by atoms with Gasteiger partial charge in [0.2, 0.25) is 0 Å². The van der Waals surface area contributed by atoms with Crippen LogP contribution in [0.5, 0.6) is 0 Å². The number of carbonyl (C=O) groups excluding carboxylic acids is 1. The van der Waals surface area contributed by atoms with Crippen molar-refractivity contribution in [2.24, 2.45) is 5.92 Å². The fourth-order valence-electron chi connectivity index (χ4n) is 3.83. The van der Waals surface area contributed by atoms with Gasteiger partial charge in [-0.15, -0.1) is 0 Å². The van der Waals surface area contributed by atoms with Crippen LogP contribution in [0.4, 0.5) is 28.5 Å². The van der Waals surface area contributed by atoms with Crippen molar-refractivity contribution < 1.29 is 32.3 Å². The third kappa shape index (κ3) is 5.65. The first-order chi connectivity index (χ1) is 17.5. The number of alkyl halides is 3. The van der Waals surface area contributed by atoms with Crippen molar-refractivity contribution in [3.05, 3.63) is 57.3 Å². The molecule has 37 heavy (non-hydrogen) atoms. The molecule has 0 spiro atoms. The molecule has 0 saturated carbocycles. The standard InChI is InChI=1S/C23H16ClF4N5O3S/c24-15-8-13(10-30-19(15)33-5-3-11(4-6-33)21(35)36)20(34)32-22-31-18(17(9-29)37-22)12-1-2-16(25)14(7-12)23(26,27)28/h1-2,7-8,10-11H,3-6H2,(H,35,36)(H,31,32,34). The number of thiazole rings is 1. The van der Waals surface area contributed by atoms with Crippen LogP contribution in [-0.2, 0) is 11.0 Å². The number of amides is 1. The molecule has 1 amide bonds. The molecule has 1 aliphatic heterocycles. The number of pyridine rings is 1. The van der Waals surface area contributed by atoms with Gasteiger partial charge in [-0.1, -0.05) is 22.9 Å². The molecule has 14 heteroatoms. The summed E-state index contributed by atoms with van der Waals surface area (Å²) in [6, 6.07) is 5.44. The zero-order valence-electron chi connectivity index (χ0n) is 18.6. The van der Waals surface area contributed by atoms with Gasteiger partial charge in [-0.3, -0.25) is 14.9 Å². The Morgan fingerprint density at radius 3 is 2.54 bits per heavy atom. The highest BCUT2D eigenvalue weighted by Gasteiger charge is 2.35. The normalized spacial score (nSPS) is 14.3. The molecule has 2 aromatic heterocycles. The lowest BCUT2D eigenvalue weighted by molar-refractivity contribution is -0.142. The van der Waals surface area contributed by atoms with Crippen molar-refractivity contribution in [1.82, 2.24) is 9.97 Å². The summed E-state index contributed by atoms with van der Waals surface area (Å²) in [6.07, 6.45) is -2.80. The topological polar surface area (TPSA) is 119 Å². The van der Waals surface area contributed by atoms with Gasteiger partial charge in [-0.2, -0.15) is 18.4 Å². The molecule has 192 valence electrons. The summed E-state index contributed by atoms with van der Waals surface area (Å²) >= 11 is 7.06. The van der Waals surface area contributed by atoms with Crippen LogP contribution in [-0.4, -0.2) is 40.0 Å². The maximum absolute atomic E-state index is 13.7. The Labute approximate surface area is 216 Å². The Kier molecular flexibility index (Phi) is 7.33. The highest BCUT2D eigenvalue weighted by Crippen LogP contribution is 2.37. The molecule has 0 aliphatic carbocycles. The molecule has 0 unspecified atom stereocenters. The summed E-state index contributed by atoms with van der Waals surface area (Å²) in [6.45, 7) is 0.876. The number of carboxylic acids is 1. The summed E-state index contributed by atoms with van der Waals surface area (Å²) in [5.41, 5.74) is -1.71. The van der Waals surface area contributed by atoms with E-state index in [4.69, 9.17) is 16.7 Å². The highest BCUT2D eigenvalue weighted by molar-refractivity contribution is 7.16. The Balaban J connectivity index is 1.52. The quantitative estimate of drug-likeness (QED) is 0.404. The fraction of sp³-hybridized carbons (Fsp3) is 0.261. The molecule has 8 nitrogen and oxygen atoms in total. The monoisotopic (exact) mass is 553 g/mol. The number of nitriles is 1. The van der Waals surface area contributed by atoms with Crippen molar-refractivity contribution in [3.8, 4) is 17.3 Å². The van der Waals surface area contributed by atoms with Gasteiger partial charge in [0, 0.05) is 24.8 Å². The van der Waals surface area contributed by atoms with E-state index in [0.29, 0.717) is 43.9 Å². The maximum atomic E-state index is 13.7. The Morgan fingerprint density at radius 1 is 1.24 bits per heavy atom. The number of halogens is 5. The minimum absolute atomic E-state index is 0.0607. The van der Waals surface area contributed by atoms with E-state index in [-0.39, 0.29) is 31.9 Å². The van der Waals surface area contributed by atoms with E-state index in [1.54, 1.807) is 0 Å². The van der Waals surface area contributed by atoms with Crippen LogP contribution in [0.15, 0.2) is 30.5 Å². The predicted molar refractivity (Wildman–Crippen MR) is 127 cm³/mol. The number of piperidine rings is 1. The van der Waals surface area contributed by atoms with E-state index in [2.05, 4.69) is 15.3 Å². The smallest absolute Gasteiger partial charge is 0.419 e. The van der Waals surface area contributed by atoms with Crippen LogP contribution in [0.3, 0.4) is 0 Å². The highest BCUT2D eigenvalue weighted by atomic mass is 35.5. The average Bonchev–Trinajstić information content (AvgIpc) is 3.26. The van der Waals surface area contributed by atoms with Crippen molar-refractivity contribution in [2.75, 3.05) is 23.3 Å². The molecule has 1 saturated heterocycles. The summed E-state index contributed by atoms with van der Waals surface area (Å²) < 4.78 is 52.9. The second kappa shape index (κ2) is 10.3. The molecule has 0 atom stereocenters. The van der Waals surface area contributed by atoms with Crippen LogP contribution in [0.2, 0.25) is 5.02 Å². The molecule has 4 rings (SSSR count). The van der Waals surface area contributed by atoms with E-state index in [9.17, 15) is 32.4 Å². The van der Waals surface area contributed by atoms with Gasteiger partial charge in [-0.05, 0) is 37.1 Å². The molecule has 1 fully saturated rings. The lowest BCUT2D eigenvalue weighted by Gasteiger charge is -2.31. The number of benzene rings is 1. The summed E-state index contributed by atoms with van der Waals surface area (Å²) in [5.74, 6) is -3.02. The van der Waals surface area contributed by atoms with Crippen LogP contribution >= 0.6 is 22.9 Å². The number of nitrogens with zero attached hydrogens (tertiary/aromatic N) is 4. The number of rotatable bonds is 5. The number of carbonyl (C=O) groups is 2. The van der Waals surface area contributed by atoms with Gasteiger partial charge < -0.3 is 10.0 Å². The largest absolute Gasteiger partial charge is 0.481 e.